The number of benzene rings is 2. The molecule has 7 heteroatoms. The molecule has 2 aromatic carbocycles. The van der Waals surface area contributed by atoms with Gasteiger partial charge in [-0.3, -0.25) is 4.79 Å². The Labute approximate surface area is 135 Å². The van der Waals surface area contributed by atoms with Crippen molar-refractivity contribution in [1.29, 1.82) is 0 Å². The molecule has 6 nitrogen and oxygen atoms in total. The predicted molar refractivity (Wildman–Crippen MR) is 84.7 cm³/mol. The average molecular weight is 358 g/mol. The number of carbonyl (C=O) groups is 1. The Balaban J connectivity index is 1.97. The second-order valence-electron chi connectivity index (χ2n) is 4.66. The van der Waals surface area contributed by atoms with Gasteiger partial charge in [0.2, 0.25) is 11.7 Å². The van der Waals surface area contributed by atoms with E-state index in [0.29, 0.717) is 5.82 Å². The first-order chi connectivity index (χ1) is 10.6. The van der Waals surface area contributed by atoms with Crippen LogP contribution < -0.4 is 5.73 Å². The quantitative estimate of drug-likeness (QED) is 0.775. The number of aromatic nitrogens is 4. The van der Waals surface area contributed by atoms with Crippen LogP contribution in [0.2, 0.25) is 0 Å². The normalized spacial score (nSPS) is 12.0. The summed E-state index contributed by atoms with van der Waals surface area (Å²) in [5.41, 5.74) is 7.02. The molecule has 1 aromatic heterocycles. The van der Waals surface area contributed by atoms with Crippen LogP contribution in [0.15, 0.2) is 59.1 Å². The first kappa shape index (κ1) is 14.4. The summed E-state index contributed by atoms with van der Waals surface area (Å²) in [5, 5.41) is 12.3. The number of primary amides is 1. The molecule has 0 saturated carbocycles. The molecule has 1 amide bonds. The summed E-state index contributed by atoms with van der Waals surface area (Å²) in [6.45, 7) is 0. The highest BCUT2D eigenvalue weighted by Gasteiger charge is 2.23. The van der Waals surface area contributed by atoms with Crippen molar-refractivity contribution in [3.8, 4) is 11.4 Å². The topological polar surface area (TPSA) is 86.7 Å². The molecule has 3 aromatic rings. The van der Waals surface area contributed by atoms with E-state index in [-0.39, 0.29) is 0 Å². The third-order valence-corrected chi connectivity index (χ3v) is 3.68. The van der Waals surface area contributed by atoms with Gasteiger partial charge < -0.3 is 5.73 Å². The summed E-state index contributed by atoms with van der Waals surface area (Å²) in [6, 6.07) is 15.9. The van der Waals surface area contributed by atoms with E-state index >= 15 is 0 Å². The second-order valence-corrected chi connectivity index (χ2v) is 5.57. The van der Waals surface area contributed by atoms with Crippen molar-refractivity contribution in [2.75, 3.05) is 0 Å². The number of rotatable bonds is 4. The Kier molecular flexibility index (Phi) is 3.97. The molecular weight excluding hydrogens is 346 g/mol. The van der Waals surface area contributed by atoms with Gasteiger partial charge in [0.15, 0.2) is 6.04 Å². The van der Waals surface area contributed by atoms with Gasteiger partial charge in [-0.05, 0) is 35.0 Å². The number of tetrazole rings is 1. The van der Waals surface area contributed by atoms with Crippen LogP contribution in [0.25, 0.3) is 11.4 Å². The lowest BCUT2D eigenvalue weighted by Gasteiger charge is -2.11. The molecule has 1 atom stereocenters. The fraction of sp³-hybridized carbons (Fsp3) is 0.0667. The minimum absolute atomic E-state index is 0.440. The third-order valence-electron chi connectivity index (χ3n) is 3.15. The maximum absolute atomic E-state index is 11.8. The number of hydrogen-bond acceptors (Lipinski definition) is 4. The van der Waals surface area contributed by atoms with E-state index in [1.165, 1.54) is 4.80 Å². The number of carbonyl (C=O) groups excluding carboxylic acids is 1. The molecule has 3 rings (SSSR count). The van der Waals surface area contributed by atoms with E-state index in [9.17, 15) is 4.79 Å². The Hall–Kier alpha value is -2.54. The number of hydrogen-bond donors (Lipinski definition) is 1. The lowest BCUT2D eigenvalue weighted by atomic mass is 10.1. The first-order valence-corrected chi connectivity index (χ1v) is 7.34. The molecule has 0 aliphatic carbocycles. The van der Waals surface area contributed by atoms with Crippen LogP contribution in [0.5, 0.6) is 0 Å². The molecule has 1 unspecified atom stereocenters. The van der Waals surface area contributed by atoms with E-state index in [2.05, 4.69) is 31.3 Å². The van der Waals surface area contributed by atoms with Crippen molar-refractivity contribution >= 4 is 21.8 Å². The van der Waals surface area contributed by atoms with E-state index in [4.69, 9.17) is 5.73 Å². The van der Waals surface area contributed by atoms with Crippen molar-refractivity contribution in [2.45, 2.75) is 6.04 Å². The fourth-order valence-electron chi connectivity index (χ4n) is 2.10. The van der Waals surface area contributed by atoms with E-state index in [0.717, 1.165) is 15.6 Å². The van der Waals surface area contributed by atoms with Gasteiger partial charge in [0, 0.05) is 10.0 Å². The molecule has 110 valence electrons. The van der Waals surface area contributed by atoms with Crippen molar-refractivity contribution in [3.05, 3.63) is 64.6 Å². The zero-order valence-electron chi connectivity index (χ0n) is 11.4. The van der Waals surface area contributed by atoms with Crippen LogP contribution in [0.1, 0.15) is 11.6 Å². The lowest BCUT2D eigenvalue weighted by Crippen LogP contribution is -2.29. The fourth-order valence-corrected chi connectivity index (χ4v) is 2.36. The summed E-state index contributed by atoms with van der Waals surface area (Å²) in [7, 11) is 0. The van der Waals surface area contributed by atoms with Gasteiger partial charge in [0.05, 0.1) is 0 Å². The predicted octanol–water partition coefficient (Wildman–Crippen LogP) is 2.18. The van der Waals surface area contributed by atoms with Crippen LogP contribution in [-0.4, -0.2) is 26.1 Å². The van der Waals surface area contributed by atoms with E-state index in [1.807, 2.05) is 42.5 Å². The Morgan fingerprint density at radius 3 is 2.41 bits per heavy atom. The van der Waals surface area contributed by atoms with Crippen molar-refractivity contribution in [3.63, 3.8) is 0 Å². The summed E-state index contributed by atoms with van der Waals surface area (Å²) in [5.74, 6) is -0.0966. The molecule has 0 aliphatic rings. The molecule has 0 spiro atoms. The summed E-state index contributed by atoms with van der Waals surface area (Å²) in [4.78, 5) is 13.0. The Bertz CT molecular complexity index is 785. The van der Waals surface area contributed by atoms with Gasteiger partial charge in [0.1, 0.15) is 0 Å². The molecule has 0 bridgehead atoms. The number of amides is 1. The first-order valence-electron chi connectivity index (χ1n) is 6.55. The standard InChI is InChI=1S/C15H12BrN5O/c16-12-8-6-11(7-9-12)15-18-20-21(19-15)13(14(17)22)10-4-2-1-3-5-10/h1-9,13H,(H2,17,22). The van der Waals surface area contributed by atoms with E-state index < -0.39 is 11.9 Å². The Morgan fingerprint density at radius 2 is 1.77 bits per heavy atom. The maximum atomic E-state index is 11.8. The summed E-state index contributed by atoms with van der Waals surface area (Å²) < 4.78 is 0.961. The van der Waals surface area contributed by atoms with Gasteiger partial charge >= 0.3 is 0 Å². The number of halogens is 1. The Morgan fingerprint density at radius 1 is 1.09 bits per heavy atom. The van der Waals surface area contributed by atoms with E-state index in [1.54, 1.807) is 12.1 Å². The SMILES string of the molecule is NC(=O)C(c1ccccc1)n1nnc(-c2ccc(Br)cc2)n1. The number of nitrogens with two attached hydrogens (primary N) is 1. The molecule has 1 heterocycles. The average Bonchev–Trinajstić information content (AvgIpc) is 2.98. The molecule has 0 fully saturated rings. The van der Waals surface area contributed by atoms with Gasteiger partial charge in [0.25, 0.3) is 0 Å². The largest absolute Gasteiger partial charge is 0.367 e. The maximum Gasteiger partial charge on any atom is 0.248 e. The second kappa shape index (κ2) is 6.07. The van der Waals surface area contributed by atoms with Gasteiger partial charge in [-0.15, -0.1) is 15.0 Å². The molecule has 0 radical (unpaired) electrons. The molecule has 0 saturated heterocycles. The van der Waals surface area contributed by atoms with Crippen molar-refractivity contribution < 1.29 is 4.79 Å². The monoisotopic (exact) mass is 357 g/mol. The highest BCUT2D eigenvalue weighted by Crippen LogP contribution is 2.20. The summed E-state index contributed by atoms with van der Waals surface area (Å²) in [6.07, 6.45) is 0. The van der Waals surface area contributed by atoms with Crippen LogP contribution in [0.4, 0.5) is 0 Å². The molecule has 22 heavy (non-hydrogen) atoms. The highest BCUT2D eigenvalue weighted by molar-refractivity contribution is 9.10. The third kappa shape index (κ3) is 2.89. The van der Waals surface area contributed by atoms with Crippen LogP contribution >= 0.6 is 15.9 Å². The minimum atomic E-state index is -0.780. The molecule has 0 aliphatic heterocycles. The highest BCUT2D eigenvalue weighted by atomic mass is 79.9. The van der Waals surface area contributed by atoms with Gasteiger partial charge in [-0.2, -0.15) is 0 Å². The van der Waals surface area contributed by atoms with Gasteiger partial charge in [-0.1, -0.05) is 46.3 Å². The van der Waals surface area contributed by atoms with Crippen LogP contribution in [0.3, 0.4) is 0 Å². The van der Waals surface area contributed by atoms with Crippen molar-refractivity contribution in [2.24, 2.45) is 5.73 Å². The van der Waals surface area contributed by atoms with Crippen molar-refractivity contribution in [1.82, 2.24) is 20.2 Å². The minimum Gasteiger partial charge on any atom is -0.367 e. The number of nitrogens with zero attached hydrogens (tertiary/aromatic N) is 4. The molecular formula is C15H12BrN5O. The van der Waals surface area contributed by atoms with Gasteiger partial charge in [-0.25, -0.2) is 0 Å². The lowest BCUT2D eigenvalue weighted by molar-refractivity contribution is -0.120. The summed E-state index contributed by atoms with van der Waals surface area (Å²) >= 11 is 3.37. The smallest absolute Gasteiger partial charge is 0.248 e. The molecule has 2 N–H and O–H groups in total. The zero-order chi connectivity index (χ0) is 15.5. The van der Waals surface area contributed by atoms with Crippen LogP contribution in [0, 0.1) is 0 Å². The van der Waals surface area contributed by atoms with Crippen LogP contribution in [-0.2, 0) is 4.79 Å². The zero-order valence-corrected chi connectivity index (χ0v) is 13.0.